The van der Waals surface area contributed by atoms with Gasteiger partial charge in [-0.05, 0) is 48.9 Å². The van der Waals surface area contributed by atoms with E-state index < -0.39 is 5.97 Å². The summed E-state index contributed by atoms with van der Waals surface area (Å²) in [5.41, 5.74) is 1.40. The molecule has 2 atom stereocenters. The van der Waals surface area contributed by atoms with E-state index in [1.165, 1.54) is 17.8 Å². The molecular formula is C30H32N2O5S. The molecule has 0 bridgehead atoms. The van der Waals surface area contributed by atoms with E-state index in [1.54, 1.807) is 17.0 Å². The number of anilines is 1. The summed E-state index contributed by atoms with van der Waals surface area (Å²) in [5.74, 6) is -0.580. The molecule has 0 radical (unpaired) electrons. The first-order chi connectivity index (χ1) is 18.5. The molecule has 1 aliphatic heterocycles. The highest BCUT2D eigenvalue weighted by Gasteiger charge is 2.41. The van der Waals surface area contributed by atoms with Crippen LogP contribution in [0.15, 0.2) is 66.7 Å². The molecule has 0 spiro atoms. The zero-order chi connectivity index (χ0) is 26.5. The maximum atomic E-state index is 13.7. The minimum absolute atomic E-state index is 0.121. The third kappa shape index (κ3) is 5.91. The van der Waals surface area contributed by atoms with Crippen LogP contribution < -0.4 is 15.0 Å². The van der Waals surface area contributed by atoms with Gasteiger partial charge in [0, 0.05) is 23.4 Å². The van der Waals surface area contributed by atoms with Gasteiger partial charge in [0.25, 0.3) is 5.91 Å². The molecule has 2 amide bonds. The normalized spacial score (nSPS) is 20.2. The van der Waals surface area contributed by atoms with E-state index in [0.29, 0.717) is 17.9 Å². The molecular weight excluding hydrogens is 500 g/mol. The lowest BCUT2D eigenvalue weighted by Gasteiger charge is -2.44. The molecule has 1 saturated heterocycles. The van der Waals surface area contributed by atoms with Gasteiger partial charge in [-0.15, -0.1) is 11.3 Å². The number of benzene rings is 2. The summed E-state index contributed by atoms with van der Waals surface area (Å²) in [6.07, 6.45) is 6.05. The molecule has 5 rings (SSSR count). The third-order valence-electron chi connectivity index (χ3n) is 7.44. The fourth-order valence-electron chi connectivity index (χ4n) is 5.71. The Morgan fingerprint density at radius 1 is 1.00 bits per heavy atom. The fraction of sp³-hybridized carbons (Fsp3) is 0.367. The monoisotopic (exact) mass is 532 g/mol. The second kappa shape index (κ2) is 11.8. The number of carbonyl (C=O) groups excluding carboxylic acids is 2. The number of hydrogen-bond donors (Lipinski definition) is 2. The number of aromatic carboxylic acids is 1. The summed E-state index contributed by atoms with van der Waals surface area (Å²) in [5, 5.41) is 13.1. The van der Waals surface area contributed by atoms with Gasteiger partial charge in [-0.1, -0.05) is 67.8 Å². The molecule has 198 valence electrons. The van der Waals surface area contributed by atoms with Gasteiger partial charge in [-0.3, -0.25) is 9.59 Å². The van der Waals surface area contributed by atoms with Gasteiger partial charge < -0.3 is 20.1 Å². The van der Waals surface area contributed by atoms with Crippen molar-refractivity contribution in [3.05, 3.63) is 71.6 Å². The minimum Gasteiger partial charge on any atom is -0.484 e. The maximum absolute atomic E-state index is 13.7. The van der Waals surface area contributed by atoms with Crippen LogP contribution in [0.4, 0.5) is 5.69 Å². The number of rotatable bonds is 8. The van der Waals surface area contributed by atoms with Crippen LogP contribution in [-0.4, -0.2) is 41.6 Å². The van der Waals surface area contributed by atoms with Crippen LogP contribution in [0.25, 0.3) is 10.4 Å². The average molecular weight is 533 g/mol. The van der Waals surface area contributed by atoms with Gasteiger partial charge in [-0.25, -0.2) is 4.79 Å². The van der Waals surface area contributed by atoms with Crippen molar-refractivity contribution < 1.29 is 24.2 Å². The van der Waals surface area contributed by atoms with Crippen molar-refractivity contribution >= 4 is 34.8 Å². The van der Waals surface area contributed by atoms with Gasteiger partial charge in [0.2, 0.25) is 5.91 Å². The van der Waals surface area contributed by atoms with Crippen molar-refractivity contribution in [2.24, 2.45) is 5.92 Å². The molecule has 2 unspecified atom stereocenters. The largest absolute Gasteiger partial charge is 0.484 e. The summed E-state index contributed by atoms with van der Waals surface area (Å²) in [4.78, 5) is 41.4. The van der Waals surface area contributed by atoms with Crippen molar-refractivity contribution in [3.8, 4) is 16.2 Å². The molecule has 2 N–H and O–H groups in total. The van der Waals surface area contributed by atoms with Gasteiger partial charge in [0.05, 0.1) is 5.69 Å². The number of carbonyl (C=O) groups is 3. The van der Waals surface area contributed by atoms with E-state index >= 15 is 0 Å². The lowest BCUT2D eigenvalue weighted by atomic mass is 9.78. The molecule has 1 aliphatic carbocycles. The number of nitrogens with zero attached hydrogens (tertiary/aromatic N) is 1. The van der Waals surface area contributed by atoms with E-state index in [4.69, 9.17) is 4.74 Å². The fourth-order valence-corrected chi connectivity index (χ4v) is 6.71. The number of ether oxygens (including phenoxy) is 1. The number of thiophene rings is 1. The molecule has 2 aliphatic rings. The highest BCUT2D eigenvalue weighted by molar-refractivity contribution is 7.18. The molecule has 2 fully saturated rings. The Labute approximate surface area is 226 Å². The number of para-hydroxylation sites is 1. The lowest BCUT2D eigenvalue weighted by Crippen LogP contribution is -2.56. The van der Waals surface area contributed by atoms with E-state index in [1.807, 2.05) is 54.6 Å². The topological polar surface area (TPSA) is 95.9 Å². The Hall–Kier alpha value is -3.65. The van der Waals surface area contributed by atoms with E-state index in [2.05, 4.69) is 5.32 Å². The Kier molecular flexibility index (Phi) is 8.08. The maximum Gasteiger partial charge on any atom is 0.348 e. The van der Waals surface area contributed by atoms with Gasteiger partial charge in [0.15, 0.2) is 6.61 Å². The third-order valence-corrected chi connectivity index (χ3v) is 8.61. The van der Waals surface area contributed by atoms with E-state index in [9.17, 15) is 19.5 Å². The second-order valence-electron chi connectivity index (χ2n) is 10.0. The van der Waals surface area contributed by atoms with Gasteiger partial charge >= 0.3 is 5.97 Å². The zero-order valence-corrected chi connectivity index (χ0v) is 22.0. The van der Waals surface area contributed by atoms with Crippen molar-refractivity contribution in [2.75, 3.05) is 11.5 Å². The number of nitrogens with one attached hydrogen (secondary N) is 1. The van der Waals surface area contributed by atoms with Crippen LogP contribution in [-0.2, 0) is 9.59 Å². The van der Waals surface area contributed by atoms with Crippen LogP contribution in [0.2, 0.25) is 0 Å². The van der Waals surface area contributed by atoms with Crippen LogP contribution in [0.5, 0.6) is 5.75 Å². The molecule has 2 aromatic carbocycles. The highest BCUT2D eigenvalue weighted by Crippen LogP contribution is 2.43. The molecule has 8 heteroatoms. The van der Waals surface area contributed by atoms with Crippen molar-refractivity contribution in [3.63, 3.8) is 0 Å². The number of piperidine rings is 1. The number of carboxylic acid groups (broad SMARTS) is 1. The summed E-state index contributed by atoms with van der Waals surface area (Å²) >= 11 is 1.20. The van der Waals surface area contributed by atoms with Crippen LogP contribution in [0, 0.1) is 5.92 Å². The van der Waals surface area contributed by atoms with Crippen LogP contribution in [0.3, 0.4) is 0 Å². The van der Waals surface area contributed by atoms with E-state index in [0.717, 1.165) is 36.1 Å². The lowest BCUT2D eigenvalue weighted by molar-refractivity contribution is -0.125. The summed E-state index contributed by atoms with van der Waals surface area (Å²) in [6, 6.07) is 20.1. The number of hydrogen-bond acceptors (Lipinski definition) is 5. The quantitative estimate of drug-likeness (QED) is 0.385. The summed E-state index contributed by atoms with van der Waals surface area (Å²) < 4.78 is 5.59. The molecule has 1 aromatic heterocycles. The predicted molar refractivity (Wildman–Crippen MR) is 148 cm³/mol. The van der Waals surface area contributed by atoms with E-state index in [-0.39, 0.29) is 47.7 Å². The van der Waals surface area contributed by atoms with Crippen LogP contribution in [0.1, 0.15) is 54.6 Å². The Balaban J connectivity index is 1.38. The first-order valence-electron chi connectivity index (χ1n) is 13.2. The Morgan fingerprint density at radius 2 is 1.68 bits per heavy atom. The molecule has 3 aromatic rings. The minimum atomic E-state index is -1.03. The number of amides is 2. The Bertz CT molecular complexity index is 1270. The molecule has 2 heterocycles. The average Bonchev–Trinajstić information content (AvgIpc) is 3.39. The highest BCUT2D eigenvalue weighted by atomic mass is 32.1. The zero-order valence-electron chi connectivity index (χ0n) is 21.2. The smallest absolute Gasteiger partial charge is 0.348 e. The van der Waals surface area contributed by atoms with Crippen LogP contribution >= 0.6 is 11.3 Å². The van der Waals surface area contributed by atoms with Gasteiger partial charge in [0.1, 0.15) is 10.6 Å². The number of carboxylic acids is 1. The first-order valence-corrected chi connectivity index (χ1v) is 14.0. The van der Waals surface area contributed by atoms with Gasteiger partial charge in [-0.2, -0.15) is 0 Å². The first kappa shape index (κ1) is 26.0. The van der Waals surface area contributed by atoms with Crippen molar-refractivity contribution in [1.82, 2.24) is 5.32 Å². The summed E-state index contributed by atoms with van der Waals surface area (Å²) in [7, 11) is 0. The Morgan fingerprint density at radius 3 is 2.37 bits per heavy atom. The SMILES string of the molecule is O=C(COc1ccccc1)NC1CC(=O)N(c2cc(-c3ccccc3)sc2C(=O)O)C(C2CCCCC2)C1. The summed E-state index contributed by atoms with van der Waals surface area (Å²) in [6.45, 7) is -0.124. The second-order valence-corrected chi connectivity index (χ2v) is 11.1. The van der Waals surface area contributed by atoms with Crippen molar-refractivity contribution in [2.45, 2.75) is 57.0 Å². The predicted octanol–water partition coefficient (Wildman–Crippen LogP) is 5.75. The molecule has 7 nitrogen and oxygen atoms in total. The molecule has 1 saturated carbocycles. The standard InChI is InChI=1S/C30H32N2O5S/c33-27(19-37-23-14-8-3-9-15-23)31-22-16-24(20-10-4-1-5-11-20)32(28(34)17-22)25-18-26(38-29(25)30(35)36)21-12-6-2-7-13-21/h2-3,6-9,12-15,18,20,22,24H,1,4-5,10-11,16-17,19H2,(H,31,33)(H,35,36). The molecule has 38 heavy (non-hydrogen) atoms. The van der Waals surface area contributed by atoms with Crippen molar-refractivity contribution in [1.29, 1.82) is 0 Å².